The van der Waals surface area contributed by atoms with Gasteiger partial charge in [0.05, 0.1) is 0 Å². The van der Waals surface area contributed by atoms with Crippen LogP contribution in [0, 0.1) is 0 Å². The van der Waals surface area contributed by atoms with Crippen LogP contribution >= 0.6 is 11.8 Å². The molecule has 0 aliphatic rings. The standard InChI is InChI=1S/C16H18N2OS/c1-3-17-13-9-7-12(8-10-13)16(19)18-14-5-4-6-15(11-14)20-2/h4-11,17H,3H2,1-2H3,(H,18,19). The van der Waals surface area contributed by atoms with Gasteiger partial charge in [-0.2, -0.15) is 0 Å². The van der Waals surface area contributed by atoms with Crippen LogP contribution in [0.4, 0.5) is 11.4 Å². The van der Waals surface area contributed by atoms with E-state index in [-0.39, 0.29) is 5.91 Å². The van der Waals surface area contributed by atoms with E-state index in [0.717, 1.165) is 22.8 Å². The van der Waals surface area contributed by atoms with Crippen molar-refractivity contribution in [3.8, 4) is 0 Å². The second-order valence-electron chi connectivity index (χ2n) is 4.29. The van der Waals surface area contributed by atoms with Crippen molar-refractivity contribution in [1.82, 2.24) is 0 Å². The highest BCUT2D eigenvalue weighted by atomic mass is 32.2. The molecule has 0 saturated heterocycles. The van der Waals surface area contributed by atoms with Crippen LogP contribution in [0.5, 0.6) is 0 Å². The number of thioether (sulfide) groups is 1. The van der Waals surface area contributed by atoms with Gasteiger partial charge in [-0.3, -0.25) is 4.79 Å². The lowest BCUT2D eigenvalue weighted by Gasteiger charge is -2.08. The molecule has 2 aromatic carbocycles. The molecule has 0 saturated carbocycles. The summed E-state index contributed by atoms with van der Waals surface area (Å²) >= 11 is 1.65. The van der Waals surface area contributed by atoms with E-state index in [1.807, 2.05) is 61.7 Å². The molecule has 20 heavy (non-hydrogen) atoms. The Kier molecular flexibility index (Phi) is 5.07. The summed E-state index contributed by atoms with van der Waals surface area (Å²) in [5, 5.41) is 6.12. The highest BCUT2D eigenvalue weighted by Crippen LogP contribution is 2.19. The predicted octanol–water partition coefficient (Wildman–Crippen LogP) is 4.09. The Morgan fingerprint density at radius 2 is 1.85 bits per heavy atom. The Balaban J connectivity index is 2.07. The fourth-order valence-corrected chi connectivity index (χ4v) is 2.31. The molecule has 4 heteroatoms. The van der Waals surface area contributed by atoms with Crippen molar-refractivity contribution in [2.24, 2.45) is 0 Å². The molecule has 0 aromatic heterocycles. The van der Waals surface area contributed by atoms with Gasteiger partial charge >= 0.3 is 0 Å². The first-order valence-corrected chi connectivity index (χ1v) is 7.74. The van der Waals surface area contributed by atoms with E-state index in [9.17, 15) is 4.79 Å². The number of benzene rings is 2. The molecule has 0 bridgehead atoms. The van der Waals surface area contributed by atoms with Crippen LogP contribution in [-0.4, -0.2) is 18.7 Å². The van der Waals surface area contributed by atoms with Gasteiger partial charge in [-0.25, -0.2) is 0 Å². The monoisotopic (exact) mass is 286 g/mol. The number of carbonyl (C=O) groups is 1. The van der Waals surface area contributed by atoms with Gasteiger partial charge in [0.15, 0.2) is 0 Å². The topological polar surface area (TPSA) is 41.1 Å². The van der Waals surface area contributed by atoms with E-state index < -0.39 is 0 Å². The van der Waals surface area contributed by atoms with E-state index in [4.69, 9.17) is 0 Å². The summed E-state index contributed by atoms with van der Waals surface area (Å²) in [6, 6.07) is 15.3. The molecule has 2 aromatic rings. The van der Waals surface area contributed by atoms with Gasteiger partial charge in [-0.1, -0.05) is 6.07 Å². The quantitative estimate of drug-likeness (QED) is 0.813. The number of amides is 1. The van der Waals surface area contributed by atoms with Crippen LogP contribution in [-0.2, 0) is 0 Å². The number of hydrogen-bond acceptors (Lipinski definition) is 3. The van der Waals surface area contributed by atoms with Crippen molar-refractivity contribution in [3.05, 3.63) is 54.1 Å². The first-order chi connectivity index (χ1) is 9.72. The van der Waals surface area contributed by atoms with Crippen molar-refractivity contribution in [2.75, 3.05) is 23.4 Å². The number of nitrogens with one attached hydrogen (secondary N) is 2. The molecule has 1 amide bonds. The predicted molar refractivity (Wildman–Crippen MR) is 86.8 cm³/mol. The lowest BCUT2D eigenvalue weighted by molar-refractivity contribution is 0.102. The first-order valence-electron chi connectivity index (χ1n) is 6.52. The van der Waals surface area contributed by atoms with Crippen molar-refractivity contribution in [1.29, 1.82) is 0 Å². The summed E-state index contributed by atoms with van der Waals surface area (Å²) in [7, 11) is 0. The zero-order valence-corrected chi connectivity index (χ0v) is 12.5. The lowest BCUT2D eigenvalue weighted by atomic mass is 10.2. The number of rotatable bonds is 5. The van der Waals surface area contributed by atoms with Gasteiger partial charge < -0.3 is 10.6 Å². The molecule has 0 atom stereocenters. The number of anilines is 2. The fourth-order valence-electron chi connectivity index (χ4n) is 1.85. The Labute approximate surface area is 123 Å². The van der Waals surface area contributed by atoms with Crippen LogP contribution in [0.15, 0.2) is 53.4 Å². The normalized spacial score (nSPS) is 10.1. The molecule has 0 heterocycles. The first kappa shape index (κ1) is 14.5. The zero-order valence-electron chi connectivity index (χ0n) is 11.6. The minimum Gasteiger partial charge on any atom is -0.385 e. The average Bonchev–Trinajstić information content (AvgIpc) is 2.48. The van der Waals surface area contributed by atoms with Crippen molar-refractivity contribution in [3.63, 3.8) is 0 Å². The number of carbonyl (C=O) groups excluding carboxylic acids is 1. The Morgan fingerprint density at radius 1 is 1.10 bits per heavy atom. The maximum atomic E-state index is 12.1. The van der Waals surface area contributed by atoms with Crippen LogP contribution < -0.4 is 10.6 Å². The molecule has 0 spiro atoms. The third-order valence-electron chi connectivity index (χ3n) is 2.86. The molecule has 0 aliphatic carbocycles. The van der Waals surface area contributed by atoms with Crippen LogP contribution in [0.1, 0.15) is 17.3 Å². The minimum absolute atomic E-state index is 0.0914. The van der Waals surface area contributed by atoms with Crippen molar-refractivity contribution >= 4 is 29.0 Å². The molecule has 0 unspecified atom stereocenters. The van der Waals surface area contributed by atoms with Gasteiger partial charge in [-0.05, 0) is 55.6 Å². The average molecular weight is 286 g/mol. The van der Waals surface area contributed by atoms with E-state index in [1.54, 1.807) is 11.8 Å². The molecular formula is C16H18N2OS. The number of hydrogen-bond donors (Lipinski definition) is 2. The van der Waals surface area contributed by atoms with Crippen LogP contribution in [0.25, 0.3) is 0 Å². The Hall–Kier alpha value is -1.94. The molecular weight excluding hydrogens is 268 g/mol. The van der Waals surface area contributed by atoms with Crippen LogP contribution in [0.3, 0.4) is 0 Å². The maximum absolute atomic E-state index is 12.1. The highest BCUT2D eigenvalue weighted by Gasteiger charge is 2.06. The van der Waals surface area contributed by atoms with Crippen LogP contribution in [0.2, 0.25) is 0 Å². The minimum atomic E-state index is -0.0914. The van der Waals surface area contributed by atoms with Crippen molar-refractivity contribution < 1.29 is 4.79 Å². The second-order valence-corrected chi connectivity index (χ2v) is 5.17. The molecule has 0 fully saturated rings. The van der Waals surface area contributed by atoms with Gasteiger partial charge in [0.1, 0.15) is 0 Å². The fraction of sp³-hybridized carbons (Fsp3) is 0.188. The summed E-state index contributed by atoms with van der Waals surface area (Å²) in [6.45, 7) is 2.91. The van der Waals surface area contributed by atoms with E-state index in [0.29, 0.717) is 5.56 Å². The molecule has 2 N–H and O–H groups in total. The highest BCUT2D eigenvalue weighted by molar-refractivity contribution is 7.98. The van der Waals surface area contributed by atoms with E-state index in [2.05, 4.69) is 10.6 Å². The summed E-state index contributed by atoms with van der Waals surface area (Å²) in [6.07, 6.45) is 2.01. The smallest absolute Gasteiger partial charge is 0.255 e. The summed E-state index contributed by atoms with van der Waals surface area (Å²) in [4.78, 5) is 13.3. The third kappa shape index (κ3) is 3.78. The third-order valence-corrected chi connectivity index (χ3v) is 3.58. The summed E-state index contributed by atoms with van der Waals surface area (Å²) in [5.74, 6) is -0.0914. The van der Waals surface area contributed by atoms with E-state index >= 15 is 0 Å². The molecule has 3 nitrogen and oxygen atoms in total. The SMILES string of the molecule is CCNc1ccc(C(=O)Nc2cccc(SC)c2)cc1. The molecule has 2 rings (SSSR count). The second kappa shape index (κ2) is 7.01. The van der Waals surface area contributed by atoms with Gasteiger partial charge in [-0.15, -0.1) is 11.8 Å². The summed E-state index contributed by atoms with van der Waals surface area (Å²) in [5.41, 5.74) is 2.49. The van der Waals surface area contributed by atoms with E-state index in [1.165, 1.54) is 0 Å². The Bertz CT molecular complexity index is 581. The summed E-state index contributed by atoms with van der Waals surface area (Å²) < 4.78 is 0. The van der Waals surface area contributed by atoms with Gasteiger partial charge in [0.2, 0.25) is 0 Å². The molecule has 104 valence electrons. The van der Waals surface area contributed by atoms with Crippen molar-refractivity contribution in [2.45, 2.75) is 11.8 Å². The Morgan fingerprint density at radius 3 is 2.50 bits per heavy atom. The zero-order chi connectivity index (χ0) is 14.4. The lowest BCUT2D eigenvalue weighted by Crippen LogP contribution is -2.11. The van der Waals surface area contributed by atoms with Gasteiger partial charge in [0, 0.05) is 28.4 Å². The maximum Gasteiger partial charge on any atom is 0.255 e. The van der Waals surface area contributed by atoms with Gasteiger partial charge in [0.25, 0.3) is 5.91 Å². The molecule has 0 aliphatic heterocycles. The largest absolute Gasteiger partial charge is 0.385 e. The molecule has 0 radical (unpaired) electrons.